The predicted molar refractivity (Wildman–Crippen MR) is 80.6 cm³/mol. The van der Waals surface area contributed by atoms with Crippen LogP contribution < -0.4 is 10.6 Å². The van der Waals surface area contributed by atoms with Gasteiger partial charge < -0.3 is 10.6 Å². The summed E-state index contributed by atoms with van der Waals surface area (Å²) in [5, 5.41) is 10.6. The van der Waals surface area contributed by atoms with Crippen LogP contribution in [-0.2, 0) is 31.4 Å². The molecule has 2 aromatic rings. The molecule has 0 saturated heterocycles. The van der Waals surface area contributed by atoms with Gasteiger partial charge in [-0.1, -0.05) is 24.3 Å². The summed E-state index contributed by atoms with van der Waals surface area (Å²) >= 11 is 0. The lowest BCUT2D eigenvalue weighted by Crippen LogP contribution is -2.47. The zero-order valence-corrected chi connectivity index (χ0v) is 12.4. The van der Waals surface area contributed by atoms with E-state index in [1.54, 1.807) is 4.68 Å². The molecule has 0 spiro atoms. The molecule has 0 bridgehead atoms. The van der Waals surface area contributed by atoms with Crippen LogP contribution in [0.2, 0.25) is 0 Å². The molecule has 1 aliphatic rings. The highest BCUT2D eigenvalue weighted by molar-refractivity contribution is 5.82. The minimum Gasteiger partial charge on any atom is -0.351 e. The number of nitrogens with zero attached hydrogens (tertiary/aromatic N) is 2. The molecule has 110 valence electrons. The van der Waals surface area contributed by atoms with Gasteiger partial charge in [0, 0.05) is 31.9 Å². The van der Waals surface area contributed by atoms with Crippen LogP contribution >= 0.6 is 0 Å². The molecule has 0 aliphatic carbocycles. The Morgan fingerprint density at radius 1 is 1.43 bits per heavy atom. The predicted octanol–water partition coefficient (Wildman–Crippen LogP) is 1.06. The number of aryl methyl sites for hydroxylation is 2. The fraction of sp³-hybridized carbons (Fsp3) is 0.375. The van der Waals surface area contributed by atoms with E-state index in [9.17, 15) is 4.79 Å². The molecule has 5 nitrogen and oxygen atoms in total. The van der Waals surface area contributed by atoms with Crippen molar-refractivity contribution in [1.82, 2.24) is 20.4 Å². The third kappa shape index (κ3) is 2.97. The summed E-state index contributed by atoms with van der Waals surface area (Å²) < 4.78 is 1.77. The van der Waals surface area contributed by atoms with E-state index in [1.807, 2.05) is 32.3 Å². The molecule has 1 amide bonds. The van der Waals surface area contributed by atoms with Crippen LogP contribution in [0.4, 0.5) is 0 Å². The number of benzene rings is 1. The molecule has 1 atom stereocenters. The van der Waals surface area contributed by atoms with Gasteiger partial charge >= 0.3 is 0 Å². The van der Waals surface area contributed by atoms with Crippen LogP contribution in [0.1, 0.15) is 22.4 Å². The Morgan fingerprint density at radius 3 is 2.90 bits per heavy atom. The summed E-state index contributed by atoms with van der Waals surface area (Å²) in [6, 6.07) is 8.11. The standard InChI is InChI=1S/C16H20N4O/c1-11-14(10-20(2)19-11)9-18-16(21)15-7-12-5-3-4-6-13(12)8-17-15/h3-6,10,15,17H,7-9H2,1-2H3,(H,18,21)/t15-/m1/s1. The Labute approximate surface area is 124 Å². The Hall–Kier alpha value is -2.14. The number of fused-ring (bicyclic) bond motifs is 1. The fourth-order valence-electron chi connectivity index (χ4n) is 2.77. The average Bonchev–Trinajstić information content (AvgIpc) is 2.82. The lowest BCUT2D eigenvalue weighted by atomic mass is 9.95. The number of amides is 1. The third-order valence-electron chi connectivity index (χ3n) is 3.97. The minimum absolute atomic E-state index is 0.0488. The maximum atomic E-state index is 12.3. The molecular weight excluding hydrogens is 264 g/mol. The summed E-state index contributed by atoms with van der Waals surface area (Å²) in [7, 11) is 1.89. The maximum Gasteiger partial charge on any atom is 0.237 e. The van der Waals surface area contributed by atoms with Crippen LogP contribution in [0.25, 0.3) is 0 Å². The summed E-state index contributed by atoms with van der Waals surface area (Å²) in [4.78, 5) is 12.3. The van der Waals surface area contributed by atoms with E-state index in [1.165, 1.54) is 11.1 Å². The van der Waals surface area contributed by atoms with Gasteiger partial charge in [-0.15, -0.1) is 0 Å². The van der Waals surface area contributed by atoms with Crippen molar-refractivity contribution in [2.24, 2.45) is 7.05 Å². The van der Waals surface area contributed by atoms with Gasteiger partial charge in [0.1, 0.15) is 0 Å². The van der Waals surface area contributed by atoms with E-state index in [4.69, 9.17) is 0 Å². The monoisotopic (exact) mass is 284 g/mol. The molecular formula is C16H20N4O. The SMILES string of the molecule is Cc1nn(C)cc1CNC(=O)[C@H]1Cc2ccccc2CN1. The van der Waals surface area contributed by atoms with Crippen molar-refractivity contribution in [2.75, 3.05) is 0 Å². The van der Waals surface area contributed by atoms with Crippen molar-refractivity contribution < 1.29 is 4.79 Å². The Morgan fingerprint density at radius 2 is 2.19 bits per heavy atom. The molecule has 1 aromatic carbocycles. The molecule has 2 N–H and O–H groups in total. The smallest absolute Gasteiger partial charge is 0.237 e. The van der Waals surface area contributed by atoms with Gasteiger partial charge in [-0.05, 0) is 24.5 Å². The molecule has 0 radical (unpaired) electrons. The lowest BCUT2D eigenvalue weighted by molar-refractivity contribution is -0.123. The number of rotatable bonds is 3. The van der Waals surface area contributed by atoms with Crippen LogP contribution in [0, 0.1) is 6.92 Å². The second-order valence-electron chi connectivity index (χ2n) is 5.54. The highest BCUT2D eigenvalue weighted by Gasteiger charge is 2.23. The van der Waals surface area contributed by atoms with Crippen molar-refractivity contribution in [1.29, 1.82) is 0 Å². The van der Waals surface area contributed by atoms with Crippen LogP contribution in [0.3, 0.4) is 0 Å². The highest BCUT2D eigenvalue weighted by atomic mass is 16.2. The summed E-state index contributed by atoms with van der Waals surface area (Å²) in [5.41, 5.74) is 4.56. The largest absolute Gasteiger partial charge is 0.351 e. The highest BCUT2D eigenvalue weighted by Crippen LogP contribution is 2.16. The van der Waals surface area contributed by atoms with Gasteiger partial charge in [0.05, 0.1) is 11.7 Å². The zero-order chi connectivity index (χ0) is 14.8. The zero-order valence-electron chi connectivity index (χ0n) is 12.4. The normalized spacial score (nSPS) is 17.3. The quantitative estimate of drug-likeness (QED) is 0.886. The van der Waals surface area contributed by atoms with Crippen LogP contribution in [0.15, 0.2) is 30.5 Å². The van der Waals surface area contributed by atoms with E-state index >= 15 is 0 Å². The summed E-state index contributed by atoms with van der Waals surface area (Å²) in [6.07, 6.45) is 2.69. The summed E-state index contributed by atoms with van der Waals surface area (Å²) in [6.45, 7) is 3.23. The molecule has 5 heteroatoms. The summed E-state index contributed by atoms with van der Waals surface area (Å²) in [5.74, 6) is 0.0488. The number of carbonyl (C=O) groups excluding carboxylic acids is 1. The van der Waals surface area contributed by atoms with Crippen molar-refractivity contribution in [3.63, 3.8) is 0 Å². The molecule has 0 saturated carbocycles. The van der Waals surface area contributed by atoms with Crippen molar-refractivity contribution in [3.05, 3.63) is 52.8 Å². The fourth-order valence-corrected chi connectivity index (χ4v) is 2.77. The average molecular weight is 284 g/mol. The molecule has 1 aromatic heterocycles. The number of aromatic nitrogens is 2. The van der Waals surface area contributed by atoms with E-state index in [0.717, 1.165) is 24.2 Å². The topological polar surface area (TPSA) is 59.0 Å². The van der Waals surface area contributed by atoms with Crippen molar-refractivity contribution >= 4 is 5.91 Å². The van der Waals surface area contributed by atoms with Gasteiger partial charge in [0.2, 0.25) is 5.91 Å². The molecule has 0 fully saturated rings. The van der Waals surface area contributed by atoms with E-state index in [0.29, 0.717) is 6.54 Å². The van der Waals surface area contributed by atoms with Gasteiger partial charge in [0.25, 0.3) is 0 Å². The van der Waals surface area contributed by atoms with E-state index in [2.05, 4.69) is 27.9 Å². The molecule has 1 aliphatic heterocycles. The first-order valence-electron chi connectivity index (χ1n) is 7.20. The van der Waals surface area contributed by atoms with Gasteiger partial charge in [-0.25, -0.2) is 0 Å². The Bertz CT molecular complexity index is 662. The minimum atomic E-state index is -0.156. The van der Waals surface area contributed by atoms with Crippen molar-refractivity contribution in [3.8, 4) is 0 Å². The molecule has 0 unspecified atom stereocenters. The number of carbonyl (C=O) groups is 1. The first-order valence-corrected chi connectivity index (χ1v) is 7.20. The number of hydrogen-bond acceptors (Lipinski definition) is 3. The van der Waals surface area contributed by atoms with Crippen molar-refractivity contribution in [2.45, 2.75) is 32.5 Å². The Kier molecular flexibility index (Phi) is 3.75. The van der Waals surface area contributed by atoms with E-state index in [-0.39, 0.29) is 11.9 Å². The molecule has 3 rings (SSSR count). The number of nitrogens with one attached hydrogen (secondary N) is 2. The molecule has 2 heterocycles. The first-order chi connectivity index (χ1) is 10.1. The first kappa shape index (κ1) is 13.8. The number of hydrogen-bond donors (Lipinski definition) is 2. The second-order valence-corrected chi connectivity index (χ2v) is 5.54. The maximum absolute atomic E-state index is 12.3. The van der Waals surface area contributed by atoms with Gasteiger partial charge in [-0.2, -0.15) is 5.10 Å². The third-order valence-corrected chi connectivity index (χ3v) is 3.97. The van der Waals surface area contributed by atoms with Crippen LogP contribution in [0.5, 0.6) is 0 Å². The van der Waals surface area contributed by atoms with E-state index < -0.39 is 0 Å². The van der Waals surface area contributed by atoms with Gasteiger partial charge in [-0.3, -0.25) is 9.48 Å². The lowest BCUT2D eigenvalue weighted by Gasteiger charge is -2.25. The van der Waals surface area contributed by atoms with Crippen LogP contribution in [-0.4, -0.2) is 21.7 Å². The second kappa shape index (κ2) is 5.69. The van der Waals surface area contributed by atoms with Gasteiger partial charge in [0.15, 0.2) is 0 Å². The molecule has 21 heavy (non-hydrogen) atoms. The Balaban J connectivity index is 1.61.